The number of halogens is 1. The molecule has 2 rings (SSSR count). The predicted octanol–water partition coefficient (Wildman–Crippen LogP) is 2.63. The molecule has 1 aromatic carbocycles. The van der Waals surface area contributed by atoms with Crippen molar-refractivity contribution >= 4 is 21.9 Å². The van der Waals surface area contributed by atoms with Crippen molar-refractivity contribution < 1.29 is 9.53 Å². The van der Waals surface area contributed by atoms with Crippen LogP contribution < -0.4 is 0 Å². The fraction of sp³-hybridized carbons (Fsp3) is 0.500. The van der Waals surface area contributed by atoms with Gasteiger partial charge in [-0.05, 0) is 38.1 Å². The van der Waals surface area contributed by atoms with Crippen LogP contribution >= 0.6 is 15.9 Å². The number of nitrogens with zero attached hydrogens (tertiary/aromatic N) is 1. The molecule has 98 valence electrons. The Labute approximate surface area is 116 Å². The molecule has 0 N–H and O–H groups in total. The Balaban J connectivity index is 1.86. The molecular weight excluding hydrogens is 294 g/mol. The monoisotopic (exact) mass is 311 g/mol. The van der Waals surface area contributed by atoms with Crippen molar-refractivity contribution in [1.29, 1.82) is 0 Å². The van der Waals surface area contributed by atoms with Crippen molar-refractivity contribution in [3.63, 3.8) is 0 Å². The van der Waals surface area contributed by atoms with Crippen LogP contribution in [0.25, 0.3) is 0 Å². The lowest BCUT2D eigenvalue weighted by Gasteiger charge is -2.20. The van der Waals surface area contributed by atoms with E-state index >= 15 is 0 Å². The molecule has 1 saturated heterocycles. The van der Waals surface area contributed by atoms with Gasteiger partial charge in [-0.3, -0.25) is 9.69 Å². The maximum Gasteiger partial charge on any atom is 0.323 e. The molecule has 18 heavy (non-hydrogen) atoms. The minimum Gasteiger partial charge on any atom is -0.461 e. The zero-order chi connectivity index (χ0) is 13.1. The average Bonchev–Trinajstić information content (AvgIpc) is 2.67. The Bertz CT molecular complexity index is 418. The van der Waals surface area contributed by atoms with E-state index in [1.54, 1.807) is 0 Å². The summed E-state index contributed by atoms with van der Waals surface area (Å²) >= 11 is 3.42. The highest BCUT2D eigenvalue weighted by Crippen LogP contribution is 2.19. The number of esters is 1. The minimum atomic E-state index is -0.0826. The van der Waals surface area contributed by atoms with Crippen molar-refractivity contribution in [3.8, 4) is 0 Å². The van der Waals surface area contributed by atoms with E-state index in [0.29, 0.717) is 0 Å². The van der Waals surface area contributed by atoms with Crippen LogP contribution in [-0.2, 0) is 16.0 Å². The Morgan fingerprint density at radius 2 is 2.06 bits per heavy atom. The van der Waals surface area contributed by atoms with Gasteiger partial charge in [0.1, 0.15) is 12.1 Å². The van der Waals surface area contributed by atoms with Gasteiger partial charge in [0.15, 0.2) is 0 Å². The van der Waals surface area contributed by atoms with Crippen molar-refractivity contribution in [2.45, 2.75) is 31.9 Å². The highest BCUT2D eigenvalue weighted by molar-refractivity contribution is 9.10. The lowest BCUT2D eigenvalue weighted by molar-refractivity contribution is -0.144. The van der Waals surface area contributed by atoms with Crippen molar-refractivity contribution in [2.75, 3.05) is 13.6 Å². The van der Waals surface area contributed by atoms with Crippen molar-refractivity contribution in [3.05, 3.63) is 34.3 Å². The smallest absolute Gasteiger partial charge is 0.323 e. The summed E-state index contributed by atoms with van der Waals surface area (Å²) in [5.41, 5.74) is 1.28. The molecule has 3 nitrogen and oxygen atoms in total. The van der Waals surface area contributed by atoms with Crippen LogP contribution in [0.15, 0.2) is 28.7 Å². The van der Waals surface area contributed by atoms with Crippen LogP contribution in [0, 0.1) is 0 Å². The lowest BCUT2D eigenvalue weighted by Crippen LogP contribution is -2.36. The summed E-state index contributed by atoms with van der Waals surface area (Å²) in [4.78, 5) is 13.7. The third-order valence-corrected chi connectivity index (χ3v) is 3.87. The minimum absolute atomic E-state index is 0.0534. The number of cyclic esters (lactones) is 1. The molecule has 1 aromatic rings. The fourth-order valence-corrected chi connectivity index (χ4v) is 2.47. The van der Waals surface area contributed by atoms with E-state index in [2.05, 4.69) is 33.0 Å². The first-order valence-electron chi connectivity index (χ1n) is 6.21. The molecule has 0 radical (unpaired) electrons. The number of hydrogen-bond acceptors (Lipinski definition) is 3. The summed E-state index contributed by atoms with van der Waals surface area (Å²) in [5, 5.41) is 0. The van der Waals surface area contributed by atoms with Gasteiger partial charge in [0.2, 0.25) is 0 Å². The first-order valence-corrected chi connectivity index (χ1v) is 7.01. The van der Waals surface area contributed by atoms with Gasteiger partial charge in [0.25, 0.3) is 0 Å². The number of ether oxygens (including phenoxy) is 1. The quantitative estimate of drug-likeness (QED) is 0.801. The molecule has 0 amide bonds. The van der Waals surface area contributed by atoms with Gasteiger partial charge < -0.3 is 4.74 Å². The zero-order valence-corrected chi connectivity index (χ0v) is 12.3. The first-order chi connectivity index (χ1) is 8.56. The highest BCUT2D eigenvalue weighted by Gasteiger charge is 2.34. The molecule has 1 heterocycles. The third kappa shape index (κ3) is 3.33. The second-order valence-electron chi connectivity index (χ2n) is 4.86. The molecule has 0 aliphatic carbocycles. The van der Waals surface area contributed by atoms with Crippen LogP contribution in [0.1, 0.15) is 18.9 Å². The van der Waals surface area contributed by atoms with Gasteiger partial charge in [-0.25, -0.2) is 0 Å². The first kappa shape index (κ1) is 13.6. The van der Waals surface area contributed by atoms with E-state index in [4.69, 9.17) is 4.74 Å². The molecule has 0 bridgehead atoms. The van der Waals surface area contributed by atoms with Crippen LogP contribution in [0.4, 0.5) is 0 Å². The summed E-state index contributed by atoms with van der Waals surface area (Å²) in [7, 11) is 1.99. The van der Waals surface area contributed by atoms with Gasteiger partial charge in [0, 0.05) is 17.4 Å². The van der Waals surface area contributed by atoms with Crippen LogP contribution in [0.5, 0.6) is 0 Å². The molecule has 4 heteroatoms. The summed E-state index contributed by atoms with van der Waals surface area (Å²) in [6.07, 6.45) is 1.80. The maximum absolute atomic E-state index is 11.6. The van der Waals surface area contributed by atoms with Crippen LogP contribution in [-0.4, -0.2) is 36.6 Å². The van der Waals surface area contributed by atoms with E-state index in [-0.39, 0.29) is 18.1 Å². The van der Waals surface area contributed by atoms with Crippen LogP contribution in [0.2, 0.25) is 0 Å². The number of rotatable bonds is 4. The molecule has 0 spiro atoms. The number of benzene rings is 1. The predicted molar refractivity (Wildman–Crippen MR) is 74.4 cm³/mol. The highest BCUT2D eigenvalue weighted by atomic mass is 79.9. The Kier molecular flexibility index (Phi) is 4.40. The molecular formula is C14H18BrNO2. The zero-order valence-electron chi connectivity index (χ0n) is 10.7. The van der Waals surface area contributed by atoms with E-state index in [9.17, 15) is 4.79 Å². The summed E-state index contributed by atoms with van der Waals surface area (Å²) in [6, 6.07) is 8.22. The van der Waals surface area contributed by atoms with Gasteiger partial charge in [-0.1, -0.05) is 28.1 Å². The van der Waals surface area contributed by atoms with Gasteiger partial charge >= 0.3 is 5.97 Å². The largest absolute Gasteiger partial charge is 0.461 e. The van der Waals surface area contributed by atoms with E-state index in [1.165, 1.54) is 5.56 Å². The average molecular weight is 312 g/mol. The third-order valence-electron chi connectivity index (χ3n) is 3.34. The molecule has 0 aromatic heterocycles. The number of carbonyl (C=O) groups excluding carboxylic acids is 1. The molecule has 1 fully saturated rings. The van der Waals surface area contributed by atoms with Gasteiger partial charge in [0.05, 0.1) is 0 Å². The molecule has 1 aliphatic rings. The summed E-state index contributed by atoms with van der Waals surface area (Å²) < 4.78 is 6.27. The SMILES string of the molecule is C[C@H]1C[C@@H](N(C)CCc2ccc(Br)cc2)C(=O)O1. The number of hydrogen-bond donors (Lipinski definition) is 0. The summed E-state index contributed by atoms with van der Waals surface area (Å²) in [5.74, 6) is -0.0826. The second-order valence-corrected chi connectivity index (χ2v) is 5.77. The van der Waals surface area contributed by atoms with E-state index in [0.717, 1.165) is 23.9 Å². The van der Waals surface area contributed by atoms with Gasteiger partial charge in [-0.15, -0.1) is 0 Å². The summed E-state index contributed by atoms with van der Waals surface area (Å²) in [6.45, 7) is 2.81. The second kappa shape index (κ2) is 5.85. The Morgan fingerprint density at radius 3 is 2.61 bits per heavy atom. The molecule has 1 aliphatic heterocycles. The number of likely N-dealkylation sites (N-methyl/N-ethyl adjacent to an activating group) is 1. The Hall–Kier alpha value is -0.870. The van der Waals surface area contributed by atoms with E-state index < -0.39 is 0 Å². The lowest BCUT2D eigenvalue weighted by atomic mass is 10.1. The normalized spacial score (nSPS) is 23.4. The van der Waals surface area contributed by atoms with Gasteiger partial charge in [-0.2, -0.15) is 0 Å². The van der Waals surface area contributed by atoms with Crippen molar-refractivity contribution in [1.82, 2.24) is 4.90 Å². The Morgan fingerprint density at radius 1 is 1.39 bits per heavy atom. The molecule has 0 unspecified atom stereocenters. The fourth-order valence-electron chi connectivity index (χ4n) is 2.21. The standard InChI is InChI=1S/C14H18BrNO2/c1-10-9-13(14(17)18-10)16(2)8-7-11-3-5-12(15)6-4-11/h3-6,10,13H,7-9H2,1-2H3/t10-,13+/m0/s1. The van der Waals surface area contributed by atoms with E-state index in [1.807, 2.05) is 26.1 Å². The topological polar surface area (TPSA) is 29.5 Å². The number of carbonyl (C=O) groups is 1. The van der Waals surface area contributed by atoms with Crippen LogP contribution in [0.3, 0.4) is 0 Å². The molecule has 2 atom stereocenters. The van der Waals surface area contributed by atoms with Crippen molar-refractivity contribution in [2.24, 2.45) is 0 Å². The maximum atomic E-state index is 11.6. The molecule has 0 saturated carbocycles.